The van der Waals surface area contributed by atoms with Crippen molar-refractivity contribution in [2.75, 3.05) is 13.2 Å². The maximum absolute atomic E-state index is 5.64. The van der Waals surface area contributed by atoms with Gasteiger partial charge >= 0.3 is 0 Å². The number of unbranched alkanes of at least 4 members (excludes halogenated alkanes) is 1. The quantitative estimate of drug-likeness (QED) is 0.529. The maximum Gasteiger partial charge on any atom is 0.119 e. The molecule has 0 saturated heterocycles. The molecular formula is C16H25NO. The van der Waals surface area contributed by atoms with Crippen molar-refractivity contribution >= 4 is 0 Å². The van der Waals surface area contributed by atoms with E-state index in [9.17, 15) is 0 Å². The van der Waals surface area contributed by atoms with Crippen LogP contribution in [0, 0.1) is 5.92 Å². The van der Waals surface area contributed by atoms with Crippen LogP contribution in [0.15, 0.2) is 36.9 Å². The summed E-state index contributed by atoms with van der Waals surface area (Å²) in [6, 6.07) is 8.33. The van der Waals surface area contributed by atoms with Crippen LogP contribution < -0.4 is 10.1 Å². The Balaban J connectivity index is 2.26. The standard InChI is InChI=1S/C16H25NO/c1-4-5-6-11-18-16-9-7-15(8-10-16)13-17-12-14(2)3/h4,7-10,14,17H,1,5-6,11-13H2,2-3H3. The third kappa shape index (κ3) is 6.45. The molecule has 0 bridgehead atoms. The second kappa shape index (κ2) is 8.76. The van der Waals surface area contributed by atoms with Crippen molar-refractivity contribution in [2.24, 2.45) is 5.92 Å². The van der Waals surface area contributed by atoms with Crippen molar-refractivity contribution in [3.8, 4) is 5.75 Å². The second-order valence-corrected chi connectivity index (χ2v) is 4.95. The summed E-state index contributed by atoms with van der Waals surface area (Å²) in [7, 11) is 0. The van der Waals surface area contributed by atoms with E-state index >= 15 is 0 Å². The van der Waals surface area contributed by atoms with E-state index in [-0.39, 0.29) is 0 Å². The Kier molecular flexibility index (Phi) is 7.19. The molecular weight excluding hydrogens is 222 g/mol. The molecule has 18 heavy (non-hydrogen) atoms. The van der Waals surface area contributed by atoms with Crippen molar-refractivity contribution in [2.45, 2.75) is 33.2 Å². The lowest BCUT2D eigenvalue weighted by atomic mass is 10.2. The molecule has 0 saturated carbocycles. The molecule has 1 aromatic carbocycles. The van der Waals surface area contributed by atoms with Crippen molar-refractivity contribution in [3.63, 3.8) is 0 Å². The highest BCUT2D eigenvalue weighted by molar-refractivity contribution is 5.27. The molecule has 0 radical (unpaired) electrons. The third-order valence-corrected chi connectivity index (χ3v) is 2.63. The Bertz CT molecular complexity index is 329. The summed E-state index contributed by atoms with van der Waals surface area (Å²) < 4.78 is 5.64. The van der Waals surface area contributed by atoms with Gasteiger partial charge < -0.3 is 10.1 Å². The SMILES string of the molecule is C=CCCCOc1ccc(CNCC(C)C)cc1. The number of benzene rings is 1. The van der Waals surface area contributed by atoms with Gasteiger partial charge in [0.05, 0.1) is 6.61 Å². The Morgan fingerprint density at radius 3 is 2.61 bits per heavy atom. The van der Waals surface area contributed by atoms with E-state index in [1.807, 2.05) is 18.2 Å². The van der Waals surface area contributed by atoms with Crippen LogP contribution in [0.2, 0.25) is 0 Å². The third-order valence-electron chi connectivity index (χ3n) is 2.63. The van der Waals surface area contributed by atoms with E-state index in [1.165, 1.54) is 5.56 Å². The molecule has 0 aliphatic heterocycles. The van der Waals surface area contributed by atoms with Crippen LogP contribution >= 0.6 is 0 Å². The smallest absolute Gasteiger partial charge is 0.119 e. The molecule has 2 heteroatoms. The molecule has 0 fully saturated rings. The van der Waals surface area contributed by atoms with Gasteiger partial charge in [-0.2, -0.15) is 0 Å². The predicted molar refractivity (Wildman–Crippen MR) is 77.9 cm³/mol. The van der Waals surface area contributed by atoms with Crippen LogP contribution in [0.3, 0.4) is 0 Å². The molecule has 0 unspecified atom stereocenters. The van der Waals surface area contributed by atoms with Gasteiger partial charge in [-0.15, -0.1) is 6.58 Å². The summed E-state index contributed by atoms with van der Waals surface area (Å²) in [6.45, 7) is 10.9. The van der Waals surface area contributed by atoms with Gasteiger partial charge in [0.1, 0.15) is 5.75 Å². The zero-order valence-corrected chi connectivity index (χ0v) is 11.6. The molecule has 100 valence electrons. The van der Waals surface area contributed by atoms with Crippen molar-refractivity contribution in [1.29, 1.82) is 0 Å². The first-order chi connectivity index (χ1) is 8.72. The Morgan fingerprint density at radius 2 is 2.00 bits per heavy atom. The first-order valence-electron chi connectivity index (χ1n) is 6.75. The molecule has 0 atom stereocenters. The van der Waals surface area contributed by atoms with E-state index in [4.69, 9.17) is 4.74 Å². The Hall–Kier alpha value is -1.28. The minimum atomic E-state index is 0.692. The number of rotatable bonds is 9. The molecule has 0 aromatic heterocycles. The fourth-order valence-electron chi connectivity index (χ4n) is 1.63. The van der Waals surface area contributed by atoms with E-state index in [0.717, 1.165) is 38.3 Å². The van der Waals surface area contributed by atoms with Crippen molar-refractivity contribution < 1.29 is 4.74 Å². The number of hydrogen-bond donors (Lipinski definition) is 1. The summed E-state index contributed by atoms with van der Waals surface area (Å²) in [6.07, 6.45) is 3.96. The van der Waals surface area contributed by atoms with Gasteiger partial charge in [-0.3, -0.25) is 0 Å². The molecule has 1 aromatic rings. The lowest BCUT2D eigenvalue weighted by molar-refractivity contribution is 0.312. The van der Waals surface area contributed by atoms with Crippen LogP contribution in [0.4, 0.5) is 0 Å². The van der Waals surface area contributed by atoms with Crippen molar-refractivity contribution in [3.05, 3.63) is 42.5 Å². The van der Waals surface area contributed by atoms with E-state index in [1.54, 1.807) is 0 Å². The second-order valence-electron chi connectivity index (χ2n) is 4.95. The monoisotopic (exact) mass is 247 g/mol. The van der Waals surface area contributed by atoms with Crippen LogP contribution in [0.25, 0.3) is 0 Å². The zero-order valence-electron chi connectivity index (χ0n) is 11.6. The molecule has 1 N–H and O–H groups in total. The van der Waals surface area contributed by atoms with Gasteiger partial charge in [-0.25, -0.2) is 0 Å². The number of ether oxygens (including phenoxy) is 1. The minimum Gasteiger partial charge on any atom is -0.494 e. The lowest BCUT2D eigenvalue weighted by Crippen LogP contribution is -2.18. The van der Waals surface area contributed by atoms with E-state index in [0.29, 0.717) is 5.92 Å². The summed E-state index contributed by atoms with van der Waals surface area (Å²) in [5, 5.41) is 3.43. The molecule has 0 spiro atoms. The predicted octanol–water partition coefficient (Wildman–Crippen LogP) is 3.78. The summed E-state index contributed by atoms with van der Waals surface area (Å²) in [5.74, 6) is 1.64. The fraction of sp³-hybridized carbons (Fsp3) is 0.500. The van der Waals surface area contributed by atoms with E-state index in [2.05, 4.69) is 37.9 Å². The van der Waals surface area contributed by atoms with Crippen LogP contribution in [0.5, 0.6) is 5.75 Å². The number of nitrogens with one attached hydrogen (secondary N) is 1. The van der Waals surface area contributed by atoms with Crippen LogP contribution in [0.1, 0.15) is 32.3 Å². The fourth-order valence-corrected chi connectivity index (χ4v) is 1.63. The number of allylic oxidation sites excluding steroid dienone is 1. The maximum atomic E-state index is 5.64. The van der Waals surface area contributed by atoms with Gasteiger partial charge in [-0.1, -0.05) is 32.1 Å². The largest absolute Gasteiger partial charge is 0.494 e. The van der Waals surface area contributed by atoms with Gasteiger partial charge in [0.25, 0.3) is 0 Å². The summed E-state index contributed by atoms with van der Waals surface area (Å²) >= 11 is 0. The molecule has 0 aliphatic carbocycles. The topological polar surface area (TPSA) is 21.3 Å². The molecule has 0 amide bonds. The van der Waals surface area contributed by atoms with Gasteiger partial charge in [0.2, 0.25) is 0 Å². The highest BCUT2D eigenvalue weighted by Crippen LogP contribution is 2.12. The first kappa shape index (κ1) is 14.8. The van der Waals surface area contributed by atoms with Crippen molar-refractivity contribution in [1.82, 2.24) is 5.32 Å². The highest BCUT2D eigenvalue weighted by Gasteiger charge is 1.97. The van der Waals surface area contributed by atoms with E-state index < -0.39 is 0 Å². The van der Waals surface area contributed by atoms with Crippen LogP contribution in [-0.2, 0) is 6.54 Å². The van der Waals surface area contributed by atoms with Crippen LogP contribution in [-0.4, -0.2) is 13.2 Å². The summed E-state index contributed by atoms with van der Waals surface area (Å²) in [5.41, 5.74) is 1.30. The molecule has 1 rings (SSSR count). The van der Waals surface area contributed by atoms with Gasteiger partial charge in [0.15, 0.2) is 0 Å². The van der Waals surface area contributed by atoms with Gasteiger partial charge in [0, 0.05) is 6.54 Å². The normalized spacial score (nSPS) is 10.6. The molecule has 0 aliphatic rings. The average molecular weight is 247 g/mol. The average Bonchev–Trinajstić information content (AvgIpc) is 2.36. The Labute approximate surface area is 111 Å². The first-order valence-corrected chi connectivity index (χ1v) is 6.75. The lowest BCUT2D eigenvalue weighted by Gasteiger charge is -2.09. The molecule has 0 heterocycles. The Morgan fingerprint density at radius 1 is 1.28 bits per heavy atom. The zero-order chi connectivity index (χ0) is 13.2. The number of hydrogen-bond acceptors (Lipinski definition) is 2. The minimum absolute atomic E-state index is 0.692. The summed E-state index contributed by atoms with van der Waals surface area (Å²) in [4.78, 5) is 0. The molecule has 2 nitrogen and oxygen atoms in total. The van der Waals surface area contributed by atoms with Gasteiger partial charge in [-0.05, 0) is 43.0 Å². The highest BCUT2D eigenvalue weighted by atomic mass is 16.5.